The molecule has 0 spiro atoms. The van der Waals surface area contributed by atoms with Crippen molar-refractivity contribution in [1.29, 1.82) is 0 Å². The summed E-state index contributed by atoms with van der Waals surface area (Å²) in [5.74, 6) is 2.40. The maximum atomic E-state index is 4.30. The Labute approximate surface area is 125 Å². The van der Waals surface area contributed by atoms with Crippen molar-refractivity contribution in [3.63, 3.8) is 0 Å². The van der Waals surface area contributed by atoms with E-state index in [1.54, 1.807) is 11.8 Å². The van der Waals surface area contributed by atoms with Gasteiger partial charge in [0.2, 0.25) is 0 Å². The lowest BCUT2D eigenvalue weighted by atomic mass is 10.0. The number of benzene rings is 1. The molecule has 4 heteroatoms. The molecule has 0 saturated carbocycles. The van der Waals surface area contributed by atoms with E-state index in [9.17, 15) is 0 Å². The van der Waals surface area contributed by atoms with Crippen LogP contribution in [0.2, 0.25) is 0 Å². The minimum atomic E-state index is 0.407. The van der Waals surface area contributed by atoms with Gasteiger partial charge in [-0.3, -0.25) is 0 Å². The normalized spacial score (nSPS) is 11.3. The second-order valence-corrected chi connectivity index (χ2v) is 6.66. The Bertz CT molecular complexity index is 591. The Kier molecular flexibility index (Phi) is 4.53. The summed E-state index contributed by atoms with van der Waals surface area (Å²) >= 11 is 1.76. The van der Waals surface area contributed by atoms with Crippen LogP contribution < -0.4 is 0 Å². The summed E-state index contributed by atoms with van der Waals surface area (Å²) in [6, 6.07) is 4.50. The van der Waals surface area contributed by atoms with Crippen LogP contribution in [0.15, 0.2) is 17.3 Å². The van der Waals surface area contributed by atoms with Crippen LogP contribution in [0.5, 0.6) is 0 Å². The van der Waals surface area contributed by atoms with E-state index in [0.29, 0.717) is 5.92 Å². The first kappa shape index (κ1) is 15.1. The highest BCUT2D eigenvalue weighted by Gasteiger charge is 2.13. The van der Waals surface area contributed by atoms with E-state index in [-0.39, 0.29) is 0 Å². The van der Waals surface area contributed by atoms with Crippen molar-refractivity contribution in [3.8, 4) is 0 Å². The van der Waals surface area contributed by atoms with Crippen LogP contribution in [0, 0.1) is 20.8 Å². The number of nitrogens with zero attached hydrogens (tertiary/aromatic N) is 3. The number of thioether (sulfide) groups is 1. The van der Waals surface area contributed by atoms with E-state index in [2.05, 4.69) is 61.5 Å². The van der Waals surface area contributed by atoms with Gasteiger partial charge in [0.05, 0.1) is 0 Å². The predicted octanol–water partition coefficient (Wildman–Crippen LogP) is 4.16. The molecule has 3 nitrogen and oxygen atoms in total. The zero-order valence-corrected chi connectivity index (χ0v) is 14.0. The molecular weight excluding hydrogens is 266 g/mol. The first-order chi connectivity index (χ1) is 9.40. The van der Waals surface area contributed by atoms with Crippen LogP contribution in [0.25, 0.3) is 0 Å². The van der Waals surface area contributed by atoms with E-state index in [4.69, 9.17) is 0 Å². The molecule has 0 saturated heterocycles. The summed E-state index contributed by atoms with van der Waals surface area (Å²) in [5, 5.41) is 9.58. The van der Waals surface area contributed by atoms with Gasteiger partial charge in [-0.15, -0.1) is 10.2 Å². The molecule has 0 radical (unpaired) electrons. The molecule has 0 aliphatic carbocycles. The lowest BCUT2D eigenvalue weighted by molar-refractivity contribution is 0.680. The second-order valence-electron chi connectivity index (χ2n) is 5.72. The minimum absolute atomic E-state index is 0.407. The van der Waals surface area contributed by atoms with Crippen LogP contribution in [0.4, 0.5) is 0 Å². The molecule has 1 aromatic heterocycles. The summed E-state index contributed by atoms with van der Waals surface area (Å²) in [7, 11) is 2.05. The molecule has 0 bridgehead atoms. The Balaban J connectivity index is 2.17. The topological polar surface area (TPSA) is 30.7 Å². The van der Waals surface area contributed by atoms with Gasteiger partial charge in [0, 0.05) is 18.7 Å². The van der Waals surface area contributed by atoms with Gasteiger partial charge in [0.15, 0.2) is 5.16 Å². The Morgan fingerprint density at radius 2 is 1.70 bits per heavy atom. The molecule has 0 fully saturated rings. The van der Waals surface area contributed by atoms with Crippen molar-refractivity contribution in [1.82, 2.24) is 14.8 Å². The fraction of sp³-hybridized carbons (Fsp3) is 0.500. The van der Waals surface area contributed by atoms with Crippen LogP contribution in [0.3, 0.4) is 0 Å². The highest BCUT2D eigenvalue weighted by molar-refractivity contribution is 7.98. The number of aryl methyl sites for hydroxylation is 3. The van der Waals surface area contributed by atoms with Gasteiger partial charge < -0.3 is 4.57 Å². The Hall–Kier alpha value is -1.29. The molecule has 2 rings (SSSR count). The minimum Gasteiger partial charge on any atom is -0.309 e. The molecule has 0 amide bonds. The predicted molar refractivity (Wildman–Crippen MR) is 85.3 cm³/mol. The highest BCUT2D eigenvalue weighted by Crippen LogP contribution is 2.27. The summed E-state index contributed by atoms with van der Waals surface area (Å²) in [5.41, 5.74) is 5.46. The molecular formula is C16H23N3S. The third kappa shape index (κ3) is 3.06. The fourth-order valence-corrected chi connectivity index (χ4v) is 3.64. The van der Waals surface area contributed by atoms with Crippen molar-refractivity contribution in [2.24, 2.45) is 7.05 Å². The first-order valence-electron chi connectivity index (χ1n) is 6.99. The monoisotopic (exact) mass is 289 g/mol. The van der Waals surface area contributed by atoms with E-state index >= 15 is 0 Å². The summed E-state index contributed by atoms with van der Waals surface area (Å²) in [4.78, 5) is 0. The average Bonchev–Trinajstić information content (AvgIpc) is 2.69. The largest absolute Gasteiger partial charge is 0.309 e. The molecule has 0 aliphatic rings. The van der Waals surface area contributed by atoms with Crippen molar-refractivity contribution >= 4 is 11.8 Å². The lowest BCUT2D eigenvalue weighted by Crippen LogP contribution is -2.01. The molecule has 0 N–H and O–H groups in total. The van der Waals surface area contributed by atoms with Gasteiger partial charge in [-0.25, -0.2) is 0 Å². The van der Waals surface area contributed by atoms with Gasteiger partial charge in [-0.05, 0) is 37.5 Å². The lowest BCUT2D eigenvalue weighted by Gasteiger charge is -2.11. The van der Waals surface area contributed by atoms with E-state index in [1.165, 1.54) is 22.3 Å². The second kappa shape index (κ2) is 6.00. The molecule has 0 aliphatic heterocycles. The van der Waals surface area contributed by atoms with Crippen LogP contribution in [-0.4, -0.2) is 14.8 Å². The standard InChI is InChI=1S/C16H23N3S/c1-10(2)15-17-18-16(19(15)6)20-9-14-12(4)7-11(3)8-13(14)5/h7-8,10H,9H2,1-6H3. The molecule has 0 unspecified atom stereocenters. The number of aromatic nitrogens is 3. The Morgan fingerprint density at radius 1 is 1.10 bits per heavy atom. The van der Waals surface area contributed by atoms with Gasteiger partial charge in [0.1, 0.15) is 5.82 Å². The molecule has 1 aromatic carbocycles. The van der Waals surface area contributed by atoms with Crippen molar-refractivity contribution in [2.75, 3.05) is 0 Å². The van der Waals surface area contributed by atoms with E-state index in [0.717, 1.165) is 16.7 Å². The van der Waals surface area contributed by atoms with Crippen molar-refractivity contribution in [3.05, 3.63) is 40.2 Å². The summed E-state index contributed by atoms with van der Waals surface area (Å²) < 4.78 is 2.11. The van der Waals surface area contributed by atoms with Crippen LogP contribution in [0.1, 0.15) is 47.8 Å². The number of rotatable bonds is 4. The van der Waals surface area contributed by atoms with Crippen LogP contribution in [-0.2, 0) is 12.8 Å². The average molecular weight is 289 g/mol. The third-order valence-corrected chi connectivity index (χ3v) is 4.62. The highest BCUT2D eigenvalue weighted by atomic mass is 32.2. The third-order valence-electron chi connectivity index (χ3n) is 3.57. The quantitative estimate of drug-likeness (QED) is 0.792. The van der Waals surface area contributed by atoms with E-state index in [1.807, 2.05) is 7.05 Å². The van der Waals surface area contributed by atoms with Gasteiger partial charge >= 0.3 is 0 Å². The Morgan fingerprint density at radius 3 is 2.20 bits per heavy atom. The van der Waals surface area contributed by atoms with Gasteiger partial charge in [-0.1, -0.05) is 43.3 Å². The summed E-state index contributed by atoms with van der Waals surface area (Å²) in [6.07, 6.45) is 0. The smallest absolute Gasteiger partial charge is 0.191 e. The molecule has 20 heavy (non-hydrogen) atoms. The van der Waals surface area contributed by atoms with Gasteiger partial charge in [0.25, 0.3) is 0 Å². The van der Waals surface area contributed by atoms with E-state index < -0.39 is 0 Å². The zero-order valence-electron chi connectivity index (χ0n) is 13.2. The number of hydrogen-bond donors (Lipinski definition) is 0. The maximum Gasteiger partial charge on any atom is 0.191 e. The molecule has 108 valence electrons. The molecule has 2 aromatic rings. The molecule has 0 atom stereocenters. The van der Waals surface area contributed by atoms with Crippen LogP contribution >= 0.6 is 11.8 Å². The zero-order chi connectivity index (χ0) is 14.9. The first-order valence-corrected chi connectivity index (χ1v) is 7.97. The maximum absolute atomic E-state index is 4.30. The summed E-state index contributed by atoms with van der Waals surface area (Å²) in [6.45, 7) is 10.8. The SMILES string of the molecule is Cc1cc(C)c(CSc2nnc(C(C)C)n2C)c(C)c1. The van der Waals surface area contributed by atoms with Crippen molar-refractivity contribution < 1.29 is 0 Å². The fourth-order valence-electron chi connectivity index (χ4n) is 2.53. The van der Waals surface area contributed by atoms with Crippen molar-refractivity contribution in [2.45, 2.75) is 51.4 Å². The molecule has 1 heterocycles. The number of hydrogen-bond acceptors (Lipinski definition) is 3. The van der Waals surface area contributed by atoms with Gasteiger partial charge in [-0.2, -0.15) is 0 Å².